The molecule has 148 valence electrons. The minimum atomic E-state index is -1.21. The van der Waals surface area contributed by atoms with Gasteiger partial charge in [0.2, 0.25) is 11.8 Å². The van der Waals surface area contributed by atoms with Gasteiger partial charge < -0.3 is 5.32 Å². The number of nitrogens with zero attached hydrogens (tertiary/aromatic N) is 3. The van der Waals surface area contributed by atoms with E-state index >= 15 is 0 Å². The van der Waals surface area contributed by atoms with Crippen molar-refractivity contribution in [3.8, 4) is 18.0 Å². The maximum absolute atomic E-state index is 13.8. The highest BCUT2D eigenvalue weighted by Crippen LogP contribution is 2.54. The summed E-state index contributed by atoms with van der Waals surface area (Å²) in [5.74, 6) is 2.49. The molecule has 0 fully saturated rings. The van der Waals surface area contributed by atoms with E-state index in [2.05, 4.69) is 16.3 Å². The molecular weight excluding hydrogens is 400 g/mol. The molecule has 0 aliphatic carbocycles. The molecule has 0 saturated heterocycles. The Bertz CT molecular complexity index is 1270. The molecule has 3 heterocycles. The molecule has 1 spiro atoms. The van der Waals surface area contributed by atoms with Crippen LogP contribution in [0, 0.1) is 19.3 Å². The standard InChI is InChI=1S/C23H17ClN4O2/c1-3-11-27-20-15(8-6-9-17(20)24)23(22(27)30)12-19(29)26-21-16(23)13-25-28(21)18-10-5-4-7-14(18)2/h1,4-10,13H,11-12H2,2H3,(H,26,29). The quantitative estimate of drug-likeness (QED) is 0.651. The Morgan fingerprint density at radius 1 is 1.20 bits per heavy atom. The third-order valence-electron chi connectivity index (χ3n) is 5.83. The first-order valence-electron chi connectivity index (χ1n) is 9.48. The maximum Gasteiger partial charge on any atom is 0.243 e. The van der Waals surface area contributed by atoms with Crippen LogP contribution in [0.15, 0.2) is 48.7 Å². The van der Waals surface area contributed by atoms with Gasteiger partial charge in [0.05, 0.1) is 29.1 Å². The Kier molecular flexibility index (Phi) is 3.99. The number of terminal acetylenes is 1. The van der Waals surface area contributed by atoms with Crippen LogP contribution in [0.1, 0.15) is 23.1 Å². The second kappa shape index (κ2) is 6.48. The summed E-state index contributed by atoms with van der Waals surface area (Å²) in [6.07, 6.45) is 7.15. The molecule has 2 amide bonds. The smallest absolute Gasteiger partial charge is 0.243 e. The van der Waals surface area contributed by atoms with Crippen molar-refractivity contribution in [1.82, 2.24) is 9.78 Å². The number of para-hydroxylation sites is 2. The van der Waals surface area contributed by atoms with Crippen molar-refractivity contribution in [2.45, 2.75) is 18.8 Å². The third kappa shape index (κ3) is 2.30. The van der Waals surface area contributed by atoms with Crippen molar-refractivity contribution in [1.29, 1.82) is 0 Å². The molecule has 2 aliphatic heterocycles. The minimum absolute atomic E-state index is 0.0350. The number of fused-ring (bicyclic) bond motifs is 4. The molecule has 0 radical (unpaired) electrons. The number of hydrogen-bond acceptors (Lipinski definition) is 3. The highest BCUT2D eigenvalue weighted by Gasteiger charge is 2.57. The molecule has 1 atom stereocenters. The second-order valence-electron chi connectivity index (χ2n) is 7.47. The van der Waals surface area contributed by atoms with Crippen molar-refractivity contribution < 1.29 is 9.59 Å². The molecule has 5 rings (SSSR count). The fourth-order valence-electron chi connectivity index (χ4n) is 4.53. The summed E-state index contributed by atoms with van der Waals surface area (Å²) in [4.78, 5) is 28.1. The molecule has 1 aromatic heterocycles. The topological polar surface area (TPSA) is 67.2 Å². The van der Waals surface area contributed by atoms with E-state index in [0.29, 0.717) is 27.7 Å². The van der Waals surface area contributed by atoms with Crippen LogP contribution in [0.4, 0.5) is 11.5 Å². The molecule has 2 aromatic carbocycles. The number of rotatable bonds is 2. The van der Waals surface area contributed by atoms with Gasteiger partial charge in [-0.3, -0.25) is 14.5 Å². The number of carbonyl (C=O) groups excluding carboxylic acids is 2. The minimum Gasteiger partial charge on any atom is -0.310 e. The van der Waals surface area contributed by atoms with E-state index in [1.807, 2.05) is 37.3 Å². The van der Waals surface area contributed by atoms with Crippen LogP contribution in [0.25, 0.3) is 5.69 Å². The van der Waals surface area contributed by atoms with Crippen molar-refractivity contribution in [2.24, 2.45) is 0 Å². The molecule has 1 unspecified atom stereocenters. The van der Waals surface area contributed by atoms with Gasteiger partial charge in [-0.15, -0.1) is 6.42 Å². The third-order valence-corrected chi connectivity index (χ3v) is 6.14. The monoisotopic (exact) mass is 416 g/mol. The molecule has 0 bridgehead atoms. The Balaban J connectivity index is 1.80. The Morgan fingerprint density at radius 3 is 2.77 bits per heavy atom. The van der Waals surface area contributed by atoms with Gasteiger partial charge in [0.1, 0.15) is 11.2 Å². The van der Waals surface area contributed by atoms with E-state index in [4.69, 9.17) is 18.0 Å². The van der Waals surface area contributed by atoms with Crippen LogP contribution in [0.5, 0.6) is 0 Å². The SMILES string of the molecule is C#CCN1C(=O)C2(CC(=O)Nc3c2cnn3-c2ccccc2C)c2cccc(Cl)c21. The average molecular weight is 417 g/mol. The summed E-state index contributed by atoms with van der Waals surface area (Å²) < 4.78 is 1.67. The Hall–Kier alpha value is -3.56. The first kappa shape index (κ1) is 18.5. The Morgan fingerprint density at radius 2 is 2.00 bits per heavy atom. The zero-order valence-electron chi connectivity index (χ0n) is 16.1. The summed E-state index contributed by atoms with van der Waals surface area (Å²) in [5.41, 5.74) is 2.48. The predicted molar refractivity (Wildman–Crippen MR) is 115 cm³/mol. The number of benzene rings is 2. The average Bonchev–Trinajstić information content (AvgIpc) is 3.24. The molecule has 1 N–H and O–H groups in total. The summed E-state index contributed by atoms with van der Waals surface area (Å²) >= 11 is 6.47. The van der Waals surface area contributed by atoms with Gasteiger partial charge in [-0.25, -0.2) is 4.68 Å². The molecule has 2 aliphatic rings. The zero-order chi connectivity index (χ0) is 21.0. The number of aromatic nitrogens is 2. The first-order chi connectivity index (χ1) is 14.5. The fraction of sp³-hybridized carbons (Fsp3) is 0.174. The Labute approximate surface area is 178 Å². The maximum atomic E-state index is 13.8. The number of carbonyl (C=O) groups is 2. The molecule has 30 heavy (non-hydrogen) atoms. The lowest BCUT2D eigenvalue weighted by Crippen LogP contribution is -2.46. The lowest BCUT2D eigenvalue weighted by molar-refractivity contribution is -0.126. The highest BCUT2D eigenvalue weighted by molar-refractivity contribution is 6.35. The lowest BCUT2D eigenvalue weighted by atomic mass is 9.72. The van der Waals surface area contributed by atoms with Crippen LogP contribution in [0.3, 0.4) is 0 Å². The van der Waals surface area contributed by atoms with Gasteiger partial charge in [0.15, 0.2) is 0 Å². The first-order valence-corrected chi connectivity index (χ1v) is 9.85. The van der Waals surface area contributed by atoms with E-state index < -0.39 is 5.41 Å². The predicted octanol–water partition coefficient (Wildman–Crippen LogP) is 3.44. The molecule has 7 heteroatoms. The van der Waals surface area contributed by atoms with E-state index in [-0.39, 0.29) is 24.8 Å². The summed E-state index contributed by atoms with van der Waals surface area (Å²) in [6.45, 7) is 2.04. The highest BCUT2D eigenvalue weighted by atomic mass is 35.5. The normalized spacial score (nSPS) is 19.4. The number of aryl methyl sites for hydroxylation is 1. The van der Waals surface area contributed by atoms with Crippen molar-refractivity contribution in [2.75, 3.05) is 16.8 Å². The number of amides is 2. The number of nitrogens with one attached hydrogen (secondary N) is 1. The van der Waals surface area contributed by atoms with Gasteiger partial charge >= 0.3 is 0 Å². The van der Waals surface area contributed by atoms with E-state index in [0.717, 1.165) is 11.3 Å². The van der Waals surface area contributed by atoms with Gasteiger partial charge in [-0.05, 0) is 30.2 Å². The van der Waals surface area contributed by atoms with Gasteiger partial charge in [-0.2, -0.15) is 5.10 Å². The number of halogens is 1. The summed E-state index contributed by atoms with van der Waals surface area (Å²) in [7, 11) is 0. The van der Waals surface area contributed by atoms with Gasteiger partial charge in [0.25, 0.3) is 0 Å². The van der Waals surface area contributed by atoms with E-state index in [1.165, 1.54) is 4.90 Å². The van der Waals surface area contributed by atoms with Gasteiger partial charge in [0, 0.05) is 12.0 Å². The van der Waals surface area contributed by atoms with Crippen molar-refractivity contribution >= 4 is 34.9 Å². The van der Waals surface area contributed by atoms with Crippen LogP contribution in [0.2, 0.25) is 5.02 Å². The van der Waals surface area contributed by atoms with Crippen LogP contribution in [-0.2, 0) is 15.0 Å². The second-order valence-corrected chi connectivity index (χ2v) is 7.87. The summed E-state index contributed by atoms with van der Waals surface area (Å²) in [6, 6.07) is 13.1. The van der Waals surface area contributed by atoms with Crippen LogP contribution in [-0.4, -0.2) is 28.1 Å². The van der Waals surface area contributed by atoms with E-state index in [9.17, 15) is 9.59 Å². The lowest BCUT2D eigenvalue weighted by Gasteiger charge is -2.32. The van der Waals surface area contributed by atoms with Gasteiger partial charge in [-0.1, -0.05) is 47.9 Å². The van der Waals surface area contributed by atoms with Crippen LogP contribution < -0.4 is 10.2 Å². The van der Waals surface area contributed by atoms with Crippen molar-refractivity contribution in [3.05, 3.63) is 70.4 Å². The largest absolute Gasteiger partial charge is 0.310 e. The molecule has 6 nitrogen and oxygen atoms in total. The summed E-state index contributed by atoms with van der Waals surface area (Å²) in [5, 5.41) is 7.88. The van der Waals surface area contributed by atoms with E-state index in [1.54, 1.807) is 23.0 Å². The number of hydrogen-bond donors (Lipinski definition) is 1. The van der Waals surface area contributed by atoms with Crippen molar-refractivity contribution in [3.63, 3.8) is 0 Å². The fourth-order valence-corrected chi connectivity index (χ4v) is 4.81. The molecule has 3 aromatic rings. The van der Waals surface area contributed by atoms with Crippen LogP contribution >= 0.6 is 11.6 Å². The molecular formula is C23H17ClN4O2. The zero-order valence-corrected chi connectivity index (χ0v) is 16.9. The molecule has 0 saturated carbocycles. The number of anilines is 2.